The van der Waals surface area contributed by atoms with Gasteiger partial charge >= 0.3 is 0 Å². The fourth-order valence-electron chi connectivity index (χ4n) is 1.82. The summed E-state index contributed by atoms with van der Waals surface area (Å²) in [6, 6.07) is 5.85. The van der Waals surface area contributed by atoms with Gasteiger partial charge < -0.3 is 14.8 Å². The molecule has 0 spiro atoms. The number of nitrogens with zero attached hydrogens (tertiary/aromatic N) is 1. The lowest BCUT2D eigenvalue weighted by atomic mass is 10.1. The third kappa shape index (κ3) is 1.65. The number of anilines is 1. The highest BCUT2D eigenvalue weighted by Crippen LogP contribution is 2.44. The molecule has 1 aliphatic carbocycles. The van der Waals surface area contributed by atoms with Gasteiger partial charge in [-0.2, -0.15) is 0 Å². The van der Waals surface area contributed by atoms with Crippen LogP contribution in [0, 0.1) is 5.41 Å². The third-order valence-corrected chi connectivity index (χ3v) is 3.29. The number of hydrogen-bond acceptors (Lipinski definition) is 4. The molecule has 1 aromatic heterocycles. The lowest BCUT2D eigenvalue weighted by molar-refractivity contribution is 0.220. The van der Waals surface area contributed by atoms with E-state index in [1.165, 1.54) is 6.39 Å². The van der Waals surface area contributed by atoms with Crippen molar-refractivity contribution in [2.45, 2.75) is 12.8 Å². The maximum atomic E-state index is 9.20. The van der Waals surface area contributed by atoms with Crippen LogP contribution in [0.4, 0.5) is 5.69 Å². The van der Waals surface area contributed by atoms with Gasteiger partial charge in [-0.3, -0.25) is 0 Å². The molecule has 0 atom stereocenters. The largest absolute Gasteiger partial charge is 0.443 e. The Morgan fingerprint density at radius 1 is 1.44 bits per heavy atom. The lowest BCUT2D eigenvalue weighted by Gasteiger charge is -2.13. The van der Waals surface area contributed by atoms with Gasteiger partial charge in [0.25, 0.3) is 0 Å². The zero-order valence-electron chi connectivity index (χ0n) is 8.94. The first kappa shape index (κ1) is 9.66. The SMILES string of the molecule is OCC1(CNc2ccc3ncoc3c2)CC1. The Kier molecular flexibility index (Phi) is 2.11. The van der Waals surface area contributed by atoms with E-state index in [2.05, 4.69) is 10.3 Å². The second-order valence-corrected chi connectivity index (χ2v) is 4.55. The average Bonchev–Trinajstić information content (AvgIpc) is 2.96. The van der Waals surface area contributed by atoms with E-state index in [9.17, 15) is 5.11 Å². The number of nitrogens with one attached hydrogen (secondary N) is 1. The van der Waals surface area contributed by atoms with Gasteiger partial charge in [0.2, 0.25) is 0 Å². The van der Waals surface area contributed by atoms with E-state index >= 15 is 0 Å². The number of aromatic nitrogens is 1. The van der Waals surface area contributed by atoms with Crippen molar-refractivity contribution in [3.05, 3.63) is 24.6 Å². The highest BCUT2D eigenvalue weighted by Gasteiger charge is 2.41. The summed E-state index contributed by atoms with van der Waals surface area (Å²) in [5.74, 6) is 0. The van der Waals surface area contributed by atoms with Crippen LogP contribution in [0.3, 0.4) is 0 Å². The lowest BCUT2D eigenvalue weighted by Crippen LogP contribution is -2.18. The maximum absolute atomic E-state index is 9.20. The Labute approximate surface area is 93.3 Å². The number of rotatable bonds is 4. The first-order chi connectivity index (χ1) is 7.81. The van der Waals surface area contributed by atoms with Crippen LogP contribution in [0.5, 0.6) is 0 Å². The summed E-state index contributed by atoms with van der Waals surface area (Å²) < 4.78 is 5.23. The second kappa shape index (κ2) is 3.49. The van der Waals surface area contributed by atoms with E-state index in [-0.39, 0.29) is 12.0 Å². The number of fused-ring (bicyclic) bond motifs is 1. The van der Waals surface area contributed by atoms with Crippen LogP contribution >= 0.6 is 0 Å². The molecular weight excluding hydrogens is 204 g/mol. The molecule has 2 N–H and O–H groups in total. The fourth-order valence-corrected chi connectivity index (χ4v) is 1.82. The normalized spacial score (nSPS) is 17.6. The number of oxazole rings is 1. The molecule has 84 valence electrons. The van der Waals surface area contributed by atoms with Crippen LogP contribution in [0.25, 0.3) is 11.1 Å². The number of aliphatic hydroxyl groups excluding tert-OH is 1. The molecule has 0 radical (unpaired) electrons. The number of benzene rings is 1. The molecule has 4 heteroatoms. The monoisotopic (exact) mass is 218 g/mol. The van der Waals surface area contributed by atoms with Crippen LogP contribution in [-0.4, -0.2) is 23.2 Å². The summed E-state index contributed by atoms with van der Waals surface area (Å²) in [7, 11) is 0. The molecular formula is C12H14N2O2. The quantitative estimate of drug-likeness (QED) is 0.824. The Morgan fingerprint density at radius 2 is 2.31 bits per heavy atom. The smallest absolute Gasteiger partial charge is 0.181 e. The molecule has 1 aromatic carbocycles. The summed E-state index contributed by atoms with van der Waals surface area (Å²) >= 11 is 0. The Bertz CT molecular complexity index is 502. The van der Waals surface area contributed by atoms with Gasteiger partial charge in [-0.25, -0.2) is 4.98 Å². The maximum Gasteiger partial charge on any atom is 0.181 e. The van der Waals surface area contributed by atoms with Crippen molar-refractivity contribution in [1.29, 1.82) is 0 Å². The van der Waals surface area contributed by atoms with Gasteiger partial charge in [0.05, 0.1) is 6.61 Å². The number of aliphatic hydroxyl groups is 1. The molecule has 1 heterocycles. The van der Waals surface area contributed by atoms with Crippen LogP contribution in [0.2, 0.25) is 0 Å². The molecule has 1 fully saturated rings. The van der Waals surface area contributed by atoms with Gasteiger partial charge in [-0.05, 0) is 25.0 Å². The van der Waals surface area contributed by atoms with Gasteiger partial charge in [0.15, 0.2) is 12.0 Å². The van der Waals surface area contributed by atoms with Gasteiger partial charge in [0.1, 0.15) is 5.52 Å². The molecule has 0 amide bonds. The van der Waals surface area contributed by atoms with Crippen LogP contribution in [0.1, 0.15) is 12.8 Å². The minimum Gasteiger partial charge on any atom is -0.443 e. The predicted molar refractivity (Wildman–Crippen MR) is 61.3 cm³/mol. The highest BCUT2D eigenvalue weighted by atomic mass is 16.3. The van der Waals surface area contributed by atoms with E-state index in [0.717, 1.165) is 36.2 Å². The molecule has 3 rings (SSSR count). The standard InChI is InChI=1S/C12H14N2O2/c15-7-12(3-4-12)6-13-9-1-2-10-11(5-9)16-8-14-10/h1-2,5,8,13,15H,3-4,6-7H2. The Hall–Kier alpha value is -1.55. The first-order valence-electron chi connectivity index (χ1n) is 5.49. The fraction of sp³-hybridized carbons (Fsp3) is 0.417. The minimum atomic E-state index is 0.121. The van der Waals surface area contributed by atoms with Crippen LogP contribution in [0.15, 0.2) is 29.0 Å². The van der Waals surface area contributed by atoms with E-state index in [1.54, 1.807) is 0 Å². The molecule has 0 aliphatic heterocycles. The van der Waals surface area contributed by atoms with Crippen LogP contribution in [-0.2, 0) is 0 Å². The summed E-state index contributed by atoms with van der Waals surface area (Å²) in [5, 5.41) is 12.5. The summed E-state index contributed by atoms with van der Waals surface area (Å²) in [6.07, 6.45) is 3.67. The molecule has 0 bridgehead atoms. The van der Waals surface area contributed by atoms with E-state index < -0.39 is 0 Å². The predicted octanol–water partition coefficient (Wildman–Crippen LogP) is 2.01. The van der Waals surface area contributed by atoms with E-state index in [4.69, 9.17) is 4.42 Å². The molecule has 0 saturated heterocycles. The Balaban J connectivity index is 1.74. The molecule has 1 aliphatic rings. The minimum absolute atomic E-state index is 0.121. The first-order valence-corrected chi connectivity index (χ1v) is 5.49. The van der Waals surface area contributed by atoms with Crippen molar-refractivity contribution < 1.29 is 9.52 Å². The topological polar surface area (TPSA) is 58.3 Å². The van der Waals surface area contributed by atoms with Gasteiger partial charge in [0, 0.05) is 23.7 Å². The highest BCUT2D eigenvalue weighted by molar-refractivity contribution is 5.76. The van der Waals surface area contributed by atoms with Gasteiger partial charge in [-0.15, -0.1) is 0 Å². The zero-order chi connectivity index (χ0) is 11.0. The van der Waals surface area contributed by atoms with Crippen LogP contribution < -0.4 is 5.32 Å². The molecule has 1 saturated carbocycles. The van der Waals surface area contributed by atoms with E-state index in [0.29, 0.717) is 0 Å². The number of hydrogen-bond donors (Lipinski definition) is 2. The summed E-state index contributed by atoms with van der Waals surface area (Å²) in [6.45, 7) is 1.09. The van der Waals surface area contributed by atoms with Crippen molar-refractivity contribution in [3.8, 4) is 0 Å². The molecule has 16 heavy (non-hydrogen) atoms. The zero-order valence-corrected chi connectivity index (χ0v) is 8.94. The second-order valence-electron chi connectivity index (χ2n) is 4.55. The summed E-state index contributed by atoms with van der Waals surface area (Å²) in [5.41, 5.74) is 2.80. The van der Waals surface area contributed by atoms with Crippen molar-refractivity contribution in [2.24, 2.45) is 5.41 Å². The van der Waals surface area contributed by atoms with E-state index in [1.807, 2.05) is 18.2 Å². The van der Waals surface area contributed by atoms with Gasteiger partial charge in [-0.1, -0.05) is 0 Å². The summed E-state index contributed by atoms with van der Waals surface area (Å²) in [4.78, 5) is 4.06. The van der Waals surface area contributed by atoms with Crippen molar-refractivity contribution >= 4 is 16.8 Å². The Morgan fingerprint density at radius 3 is 3.06 bits per heavy atom. The van der Waals surface area contributed by atoms with Crippen molar-refractivity contribution in [1.82, 2.24) is 4.98 Å². The molecule has 2 aromatic rings. The molecule has 4 nitrogen and oxygen atoms in total. The van der Waals surface area contributed by atoms with Crippen molar-refractivity contribution in [2.75, 3.05) is 18.5 Å². The average molecular weight is 218 g/mol. The molecule has 0 unspecified atom stereocenters. The third-order valence-electron chi connectivity index (χ3n) is 3.29. The van der Waals surface area contributed by atoms with Crippen molar-refractivity contribution in [3.63, 3.8) is 0 Å².